The summed E-state index contributed by atoms with van der Waals surface area (Å²) in [4.78, 5) is 9.37. The Kier molecular flexibility index (Phi) is 3.39. The molecule has 1 aliphatic heterocycles. The van der Waals surface area contributed by atoms with Crippen LogP contribution >= 0.6 is 0 Å². The summed E-state index contributed by atoms with van der Waals surface area (Å²) < 4.78 is 7.99. The molecule has 2 aromatic heterocycles. The van der Waals surface area contributed by atoms with E-state index in [4.69, 9.17) is 9.72 Å². The van der Waals surface area contributed by atoms with E-state index in [1.165, 1.54) is 5.56 Å². The van der Waals surface area contributed by atoms with Crippen LogP contribution < -0.4 is 0 Å². The van der Waals surface area contributed by atoms with Crippen molar-refractivity contribution in [1.29, 1.82) is 0 Å². The maximum Gasteiger partial charge on any atom is 0.164 e. The first-order valence-corrected chi connectivity index (χ1v) is 7.83. The molecule has 0 aliphatic carbocycles. The summed E-state index contributed by atoms with van der Waals surface area (Å²) in [5.74, 6) is 1.04. The van der Waals surface area contributed by atoms with Crippen molar-refractivity contribution in [1.82, 2.24) is 14.5 Å². The zero-order valence-corrected chi connectivity index (χ0v) is 12.7. The van der Waals surface area contributed by atoms with Gasteiger partial charge in [-0.25, -0.2) is 9.97 Å². The summed E-state index contributed by atoms with van der Waals surface area (Å²) >= 11 is 0. The van der Waals surface area contributed by atoms with Crippen molar-refractivity contribution >= 4 is 11.2 Å². The molecule has 4 nitrogen and oxygen atoms in total. The molecule has 1 aromatic carbocycles. The number of rotatable bonds is 3. The summed E-state index contributed by atoms with van der Waals surface area (Å²) in [6.07, 6.45) is 5.21. The molecule has 112 valence electrons. The highest BCUT2D eigenvalue weighted by molar-refractivity contribution is 5.74. The first-order valence-electron chi connectivity index (χ1n) is 7.83. The topological polar surface area (TPSA) is 39.9 Å². The lowest BCUT2D eigenvalue weighted by molar-refractivity contribution is 0.109. The van der Waals surface area contributed by atoms with Crippen LogP contribution in [0.5, 0.6) is 0 Å². The summed E-state index contributed by atoms with van der Waals surface area (Å²) in [5, 5.41) is 0. The molecule has 1 aliphatic rings. The van der Waals surface area contributed by atoms with Gasteiger partial charge in [0.25, 0.3) is 0 Å². The minimum Gasteiger partial charge on any atom is -0.378 e. The standard InChI is InChI=1S/C18H19N3O/c1-13-6-2-3-9-16(13)21-17(12-14-7-5-11-22-14)20-15-8-4-10-19-18(15)21/h2-4,6,8-10,14H,5,7,11-12H2,1H3. The number of imidazole rings is 1. The number of para-hydroxylation sites is 1. The third-order valence-corrected chi connectivity index (χ3v) is 4.28. The number of ether oxygens (including phenoxy) is 1. The second-order valence-corrected chi connectivity index (χ2v) is 5.84. The van der Waals surface area contributed by atoms with E-state index in [2.05, 4.69) is 40.7 Å². The van der Waals surface area contributed by atoms with Crippen LogP contribution in [0, 0.1) is 6.92 Å². The Balaban J connectivity index is 1.88. The van der Waals surface area contributed by atoms with E-state index in [9.17, 15) is 0 Å². The van der Waals surface area contributed by atoms with E-state index in [0.717, 1.165) is 48.5 Å². The Morgan fingerprint density at radius 2 is 2.14 bits per heavy atom. The van der Waals surface area contributed by atoms with Crippen molar-refractivity contribution in [2.45, 2.75) is 32.3 Å². The summed E-state index contributed by atoms with van der Waals surface area (Å²) in [5.41, 5.74) is 4.24. The molecule has 0 saturated carbocycles. The Morgan fingerprint density at radius 3 is 2.95 bits per heavy atom. The molecule has 1 fully saturated rings. The maximum atomic E-state index is 5.80. The van der Waals surface area contributed by atoms with Crippen molar-refractivity contribution in [3.8, 4) is 5.69 Å². The van der Waals surface area contributed by atoms with Crippen LogP contribution in [0.15, 0.2) is 42.6 Å². The van der Waals surface area contributed by atoms with Crippen molar-refractivity contribution in [2.24, 2.45) is 0 Å². The summed E-state index contributed by atoms with van der Waals surface area (Å²) in [6, 6.07) is 12.3. The molecule has 0 radical (unpaired) electrons. The lowest BCUT2D eigenvalue weighted by Crippen LogP contribution is -2.14. The second kappa shape index (κ2) is 5.54. The van der Waals surface area contributed by atoms with Gasteiger partial charge in [-0.05, 0) is 43.5 Å². The molecule has 0 bridgehead atoms. The van der Waals surface area contributed by atoms with Gasteiger partial charge in [0.15, 0.2) is 5.65 Å². The number of aromatic nitrogens is 3. The molecular formula is C18H19N3O. The average Bonchev–Trinajstić information content (AvgIpc) is 3.16. The number of aryl methyl sites for hydroxylation is 1. The highest BCUT2D eigenvalue weighted by Crippen LogP contribution is 2.25. The van der Waals surface area contributed by atoms with Crippen LogP contribution in [0.25, 0.3) is 16.9 Å². The van der Waals surface area contributed by atoms with E-state index < -0.39 is 0 Å². The van der Waals surface area contributed by atoms with Gasteiger partial charge in [-0.2, -0.15) is 0 Å². The van der Waals surface area contributed by atoms with E-state index >= 15 is 0 Å². The molecule has 0 N–H and O–H groups in total. The Morgan fingerprint density at radius 1 is 1.23 bits per heavy atom. The van der Waals surface area contributed by atoms with Crippen molar-refractivity contribution in [3.63, 3.8) is 0 Å². The SMILES string of the molecule is Cc1ccccc1-n1c(CC2CCCO2)nc2cccnc21. The Bertz CT molecular complexity index is 803. The highest BCUT2D eigenvalue weighted by atomic mass is 16.5. The molecule has 1 unspecified atom stereocenters. The van der Waals surface area contributed by atoms with Gasteiger partial charge in [0.2, 0.25) is 0 Å². The van der Waals surface area contributed by atoms with Gasteiger partial charge in [0, 0.05) is 19.2 Å². The molecule has 0 spiro atoms. The highest BCUT2D eigenvalue weighted by Gasteiger charge is 2.21. The van der Waals surface area contributed by atoms with Gasteiger partial charge in [0.05, 0.1) is 11.8 Å². The van der Waals surface area contributed by atoms with E-state index in [1.54, 1.807) is 0 Å². The third kappa shape index (κ3) is 2.29. The number of pyridine rings is 1. The second-order valence-electron chi connectivity index (χ2n) is 5.84. The van der Waals surface area contributed by atoms with Crippen LogP contribution in [0.4, 0.5) is 0 Å². The zero-order chi connectivity index (χ0) is 14.9. The smallest absolute Gasteiger partial charge is 0.164 e. The van der Waals surface area contributed by atoms with Crippen LogP contribution in [-0.4, -0.2) is 27.2 Å². The van der Waals surface area contributed by atoms with Gasteiger partial charge in [-0.1, -0.05) is 18.2 Å². The maximum absolute atomic E-state index is 5.80. The lowest BCUT2D eigenvalue weighted by atomic mass is 10.1. The molecule has 4 heteroatoms. The quantitative estimate of drug-likeness (QED) is 0.742. The fourth-order valence-corrected chi connectivity index (χ4v) is 3.17. The van der Waals surface area contributed by atoms with Gasteiger partial charge >= 0.3 is 0 Å². The van der Waals surface area contributed by atoms with Crippen LogP contribution in [-0.2, 0) is 11.2 Å². The summed E-state index contributed by atoms with van der Waals surface area (Å²) in [7, 11) is 0. The zero-order valence-electron chi connectivity index (χ0n) is 12.7. The van der Waals surface area contributed by atoms with E-state index in [0.29, 0.717) is 0 Å². The van der Waals surface area contributed by atoms with Crippen molar-refractivity contribution in [2.75, 3.05) is 6.61 Å². The molecule has 1 atom stereocenters. The van der Waals surface area contributed by atoms with Gasteiger partial charge in [0.1, 0.15) is 11.3 Å². The molecule has 3 aromatic rings. The van der Waals surface area contributed by atoms with Crippen LogP contribution in [0.1, 0.15) is 24.2 Å². The number of hydrogen-bond donors (Lipinski definition) is 0. The predicted octanol–water partition coefficient (Wildman–Crippen LogP) is 3.45. The minimum atomic E-state index is 0.277. The summed E-state index contributed by atoms with van der Waals surface area (Å²) in [6.45, 7) is 2.99. The van der Waals surface area contributed by atoms with Crippen molar-refractivity contribution in [3.05, 3.63) is 54.0 Å². The van der Waals surface area contributed by atoms with Gasteiger partial charge in [-0.15, -0.1) is 0 Å². The fourth-order valence-electron chi connectivity index (χ4n) is 3.17. The lowest BCUT2D eigenvalue weighted by Gasteiger charge is -2.13. The molecule has 1 saturated heterocycles. The monoisotopic (exact) mass is 293 g/mol. The third-order valence-electron chi connectivity index (χ3n) is 4.28. The van der Waals surface area contributed by atoms with Gasteiger partial charge < -0.3 is 4.74 Å². The first-order chi connectivity index (χ1) is 10.8. The number of benzene rings is 1. The number of fused-ring (bicyclic) bond motifs is 1. The number of nitrogens with zero attached hydrogens (tertiary/aromatic N) is 3. The molecule has 0 amide bonds. The fraction of sp³-hybridized carbons (Fsp3) is 0.333. The molecular weight excluding hydrogens is 274 g/mol. The minimum absolute atomic E-state index is 0.277. The molecule has 22 heavy (non-hydrogen) atoms. The van der Waals surface area contributed by atoms with E-state index in [1.807, 2.05) is 18.3 Å². The van der Waals surface area contributed by atoms with E-state index in [-0.39, 0.29) is 6.10 Å². The largest absolute Gasteiger partial charge is 0.378 e. The van der Waals surface area contributed by atoms with Crippen LogP contribution in [0.2, 0.25) is 0 Å². The first kappa shape index (κ1) is 13.5. The molecule has 4 rings (SSSR count). The van der Waals surface area contributed by atoms with Crippen LogP contribution in [0.3, 0.4) is 0 Å². The normalized spacial score (nSPS) is 18.1. The van der Waals surface area contributed by atoms with Gasteiger partial charge in [-0.3, -0.25) is 4.57 Å². The Hall–Kier alpha value is -2.20. The number of hydrogen-bond acceptors (Lipinski definition) is 3. The Labute approximate surface area is 129 Å². The average molecular weight is 293 g/mol. The molecule has 3 heterocycles. The van der Waals surface area contributed by atoms with Crippen molar-refractivity contribution < 1.29 is 4.74 Å². The predicted molar refractivity (Wildman–Crippen MR) is 86.3 cm³/mol.